The van der Waals surface area contributed by atoms with Crippen LogP contribution in [0, 0.1) is 33.0 Å². The van der Waals surface area contributed by atoms with E-state index in [1.54, 1.807) is 0 Å². The van der Waals surface area contributed by atoms with E-state index in [9.17, 15) is 5.11 Å². The molecule has 1 nitrogen and oxygen atoms in total. The second-order valence-corrected chi connectivity index (χ2v) is 10.6. The van der Waals surface area contributed by atoms with Gasteiger partial charge in [0.15, 0.2) is 0 Å². The highest BCUT2D eigenvalue weighted by Crippen LogP contribution is 2.82. The van der Waals surface area contributed by atoms with Crippen LogP contribution in [0.3, 0.4) is 0 Å². The van der Waals surface area contributed by atoms with Gasteiger partial charge in [-0.3, -0.25) is 0 Å². The second kappa shape index (κ2) is 3.71. The smallest absolute Gasteiger partial charge is 0.0653 e. The van der Waals surface area contributed by atoms with Crippen LogP contribution in [0.4, 0.5) is 0 Å². The lowest BCUT2D eigenvalue weighted by Crippen LogP contribution is -2.62. The van der Waals surface area contributed by atoms with Crippen molar-refractivity contribution in [3.05, 3.63) is 0 Å². The summed E-state index contributed by atoms with van der Waals surface area (Å²) in [5, 5.41) is 11.2. The van der Waals surface area contributed by atoms with Crippen molar-refractivity contribution in [2.45, 2.75) is 92.1 Å². The van der Waals surface area contributed by atoms with E-state index in [1.165, 1.54) is 51.4 Å². The van der Waals surface area contributed by atoms with E-state index in [0.29, 0.717) is 16.2 Å². The quantitative estimate of drug-likeness (QED) is 0.652. The molecule has 0 aromatic heterocycles. The van der Waals surface area contributed by atoms with Gasteiger partial charge in [-0.1, -0.05) is 41.0 Å². The maximum Gasteiger partial charge on any atom is 0.0653 e. The Balaban J connectivity index is 1.87. The maximum absolute atomic E-state index is 11.2. The van der Waals surface area contributed by atoms with Gasteiger partial charge in [0.1, 0.15) is 0 Å². The number of fused-ring (bicyclic) bond motifs is 2. The summed E-state index contributed by atoms with van der Waals surface area (Å²) in [5.74, 6) is 0.861. The van der Waals surface area contributed by atoms with Crippen LogP contribution in [0.25, 0.3) is 0 Å². The summed E-state index contributed by atoms with van der Waals surface area (Å²) < 4.78 is 0. The van der Waals surface area contributed by atoms with Crippen LogP contribution < -0.4 is 0 Å². The fraction of sp³-hybridized carbons (Fsp3) is 1.00. The first kappa shape index (κ1) is 14.5. The van der Waals surface area contributed by atoms with Crippen LogP contribution >= 0.6 is 0 Å². The minimum Gasteiger partial charge on any atom is -0.392 e. The Bertz CT molecular complexity index is 482. The Morgan fingerprint density at radius 3 is 2.24 bits per heavy atom. The lowest BCUT2D eigenvalue weighted by molar-refractivity contribution is -0.211. The lowest BCUT2D eigenvalue weighted by atomic mass is 9.37. The molecule has 0 unspecified atom stereocenters. The fourth-order valence-corrected chi connectivity index (χ4v) is 8.48. The number of rotatable bonds is 0. The van der Waals surface area contributed by atoms with Crippen molar-refractivity contribution >= 4 is 0 Å². The van der Waals surface area contributed by atoms with E-state index in [4.69, 9.17) is 0 Å². The first-order chi connectivity index (χ1) is 9.62. The third-order valence-corrected chi connectivity index (χ3v) is 9.46. The van der Waals surface area contributed by atoms with Gasteiger partial charge >= 0.3 is 0 Å². The third-order valence-electron chi connectivity index (χ3n) is 9.46. The van der Waals surface area contributed by atoms with E-state index >= 15 is 0 Å². The Morgan fingerprint density at radius 2 is 1.52 bits per heavy atom. The van der Waals surface area contributed by atoms with Crippen LogP contribution in [0.2, 0.25) is 0 Å². The van der Waals surface area contributed by atoms with Crippen molar-refractivity contribution < 1.29 is 5.11 Å². The minimum atomic E-state index is -0.0680. The maximum atomic E-state index is 11.2. The highest BCUT2D eigenvalue weighted by atomic mass is 16.3. The first-order valence-electron chi connectivity index (χ1n) is 9.30. The molecule has 0 aliphatic heterocycles. The van der Waals surface area contributed by atoms with E-state index in [1.807, 2.05) is 0 Å². The Morgan fingerprint density at radius 1 is 0.810 bits per heavy atom. The van der Waals surface area contributed by atoms with Crippen molar-refractivity contribution in [1.82, 2.24) is 0 Å². The Kier molecular flexibility index (Phi) is 2.57. The molecular formula is C20H34O. The molecule has 1 spiro atoms. The predicted octanol–water partition coefficient (Wildman–Crippen LogP) is 5.17. The molecule has 0 aromatic rings. The standard InChI is InChI=1S/C20H34O/c1-16(2)8-6-9-18(4)14(16)7-10-19(5)15(21)17(3)11-12-20(18,19)13-17/h14-15,21H,6-13H2,1-5H3/t14-,15+,17+,18-,19-,20-/m0/s1. The first-order valence-corrected chi connectivity index (χ1v) is 9.30. The molecule has 4 rings (SSSR count). The summed E-state index contributed by atoms with van der Waals surface area (Å²) >= 11 is 0. The van der Waals surface area contributed by atoms with Crippen LogP contribution in [-0.2, 0) is 0 Å². The molecule has 1 N–H and O–H groups in total. The molecule has 2 bridgehead atoms. The molecule has 1 heteroatoms. The van der Waals surface area contributed by atoms with Gasteiger partial charge in [-0.05, 0) is 72.5 Å². The summed E-state index contributed by atoms with van der Waals surface area (Å²) in [7, 11) is 0. The van der Waals surface area contributed by atoms with Gasteiger partial charge in [-0.15, -0.1) is 0 Å². The molecule has 0 radical (unpaired) electrons. The molecule has 0 heterocycles. The lowest BCUT2D eigenvalue weighted by Gasteiger charge is -2.68. The summed E-state index contributed by atoms with van der Waals surface area (Å²) in [6.45, 7) is 12.5. The van der Waals surface area contributed by atoms with E-state index < -0.39 is 0 Å². The SMILES string of the molecule is CC1(C)CCC[C@@]2(C)[C@H]1CC[C@@]1(C)[C@H](O)[C@]3(C)CC[C@@]12C3. The number of aliphatic hydroxyl groups excluding tert-OH is 1. The molecule has 4 fully saturated rings. The molecule has 4 saturated carbocycles. The normalized spacial score (nSPS) is 61.4. The van der Waals surface area contributed by atoms with Gasteiger partial charge in [0.25, 0.3) is 0 Å². The van der Waals surface area contributed by atoms with Gasteiger partial charge in [-0.25, -0.2) is 0 Å². The number of aliphatic hydroxyl groups is 1. The van der Waals surface area contributed by atoms with Crippen LogP contribution in [0.1, 0.15) is 86.0 Å². The van der Waals surface area contributed by atoms with Crippen LogP contribution in [-0.4, -0.2) is 11.2 Å². The molecule has 0 aromatic carbocycles. The van der Waals surface area contributed by atoms with E-state index in [0.717, 1.165) is 5.92 Å². The zero-order valence-electron chi connectivity index (χ0n) is 14.8. The third kappa shape index (κ3) is 1.35. The van der Waals surface area contributed by atoms with Crippen molar-refractivity contribution in [3.63, 3.8) is 0 Å². The average molecular weight is 290 g/mol. The Hall–Kier alpha value is -0.0400. The van der Waals surface area contributed by atoms with Crippen LogP contribution in [0.15, 0.2) is 0 Å². The molecule has 0 amide bonds. The minimum absolute atomic E-state index is 0.0680. The number of hydrogen-bond acceptors (Lipinski definition) is 1. The van der Waals surface area contributed by atoms with E-state index in [-0.39, 0.29) is 16.9 Å². The predicted molar refractivity (Wildman–Crippen MR) is 87.0 cm³/mol. The van der Waals surface area contributed by atoms with Crippen molar-refractivity contribution in [2.24, 2.45) is 33.0 Å². The average Bonchev–Trinajstić information content (AvgIpc) is 2.82. The molecule has 6 atom stereocenters. The molecule has 4 aliphatic carbocycles. The van der Waals surface area contributed by atoms with E-state index in [2.05, 4.69) is 34.6 Å². The van der Waals surface area contributed by atoms with Crippen molar-refractivity contribution in [2.75, 3.05) is 0 Å². The zero-order chi connectivity index (χ0) is 15.3. The summed E-state index contributed by atoms with van der Waals surface area (Å²) in [6.07, 6.45) is 10.7. The monoisotopic (exact) mass is 290 g/mol. The second-order valence-electron chi connectivity index (χ2n) is 10.6. The molecule has 21 heavy (non-hydrogen) atoms. The summed E-state index contributed by atoms with van der Waals surface area (Å²) in [6, 6.07) is 0. The highest BCUT2D eigenvalue weighted by molar-refractivity contribution is 5.26. The largest absolute Gasteiger partial charge is 0.392 e. The van der Waals surface area contributed by atoms with Crippen molar-refractivity contribution in [1.29, 1.82) is 0 Å². The molecule has 4 aliphatic rings. The fourth-order valence-electron chi connectivity index (χ4n) is 8.48. The van der Waals surface area contributed by atoms with Crippen LogP contribution in [0.5, 0.6) is 0 Å². The van der Waals surface area contributed by atoms with Gasteiger partial charge in [0, 0.05) is 5.41 Å². The van der Waals surface area contributed by atoms with Gasteiger partial charge in [-0.2, -0.15) is 0 Å². The summed E-state index contributed by atoms with van der Waals surface area (Å²) in [5.41, 5.74) is 1.74. The molecule has 120 valence electrons. The topological polar surface area (TPSA) is 20.2 Å². The Labute approximate surface area is 130 Å². The van der Waals surface area contributed by atoms with Gasteiger partial charge < -0.3 is 5.11 Å². The van der Waals surface area contributed by atoms with Gasteiger partial charge in [0.2, 0.25) is 0 Å². The highest BCUT2D eigenvalue weighted by Gasteiger charge is 2.77. The molecule has 0 saturated heterocycles. The molecular weight excluding hydrogens is 256 g/mol. The zero-order valence-corrected chi connectivity index (χ0v) is 14.8. The summed E-state index contributed by atoms with van der Waals surface area (Å²) in [4.78, 5) is 0. The van der Waals surface area contributed by atoms with Gasteiger partial charge in [0.05, 0.1) is 6.10 Å². The number of hydrogen-bond donors (Lipinski definition) is 1. The van der Waals surface area contributed by atoms with Crippen molar-refractivity contribution in [3.8, 4) is 0 Å².